The van der Waals surface area contributed by atoms with Gasteiger partial charge in [-0.2, -0.15) is 0 Å². The maximum atomic E-state index is 5.66. The summed E-state index contributed by atoms with van der Waals surface area (Å²) in [5.41, 5.74) is 1.16. The van der Waals surface area contributed by atoms with E-state index in [1.54, 1.807) is 7.11 Å². The van der Waals surface area contributed by atoms with Crippen LogP contribution in [0.15, 0.2) is 18.2 Å². The van der Waals surface area contributed by atoms with Crippen molar-refractivity contribution in [3.05, 3.63) is 23.8 Å². The smallest absolute Gasteiger partial charge is 0.127 e. The third-order valence-corrected chi connectivity index (χ3v) is 2.10. The van der Waals surface area contributed by atoms with Crippen LogP contribution in [0, 0.1) is 0 Å². The first-order valence-electron chi connectivity index (χ1n) is 5.26. The lowest BCUT2D eigenvalue weighted by Gasteiger charge is -2.12. The minimum absolute atomic E-state index is 0.740. The first-order chi connectivity index (χ1) is 7.31. The van der Waals surface area contributed by atoms with E-state index in [1.807, 2.05) is 25.2 Å². The van der Waals surface area contributed by atoms with Crippen molar-refractivity contribution >= 4 is 0 Å². The monoisotopic (exact) mass is 209 g/mol. The average Bonchev–Trinajstić information content (AvgIpc) is 2.28. The Morgan fingerprint density at radius 2 is 2.13 bits per heavy atom. The molecule has 0 amide bonds. The molecule has 0 fully saturated rings. The van der Waals surface area contributed by atoms with Crippen molar-refractivity contribution in [3.63, 3.8) is 0 Å². The number of hydrogen-bond acceptors (Lipinski definition) is 3. The zero-order chi connectivity index (χ0) is 11.1. The fraction of sp³-hybridized carbons (Fsp3) is 0.500. The van der Waals surface area contributed by atoms with E-state index >= 15 is 0 Å². The van der Waals surface area contributed by atoms with E-state index in [0.29, 0.717) is 0 Å². The highest BCUT2D eigenvalue weighted by atomic mass is 16.5. The highest BCUT2D eigenvalue weighted by Crippen LogP contribution is 2.24. The molecule has 0 unspecified atom stereocenters. The molecule has 84 valence electrons. The molecule has 1 aromatic rings. The van der Waals surface area contributed by atoms with Crippen molar-refractivity contribution < 1.29 is 9.47 Å². The van der Waals surface area contributed by atoms with Crippen LogP contribution in [0.5, 0.6) is 11.5 Å². The van der Waals surface area contributed by atoms with Crippen LogP contribution in [-0.2, 0) is 6.54 Å². The van der Waals surface area contributed by atoms with E-state index in [-0.39, 0.29) is 0 Å². The van der Waals surface area contributed by atoms with Crippen molar-refractivity contribution in [3.8, 4) is 11.5 Å². The Morgan fingerprint density at radius 3 is 2.73 bits per heavy atom. The van der Waals surface area contributed by atoms with Crippen LogP contribution in [0.25, 0.3) is 0 Å². The molecular formula is C12H19NO2. The van der Waals surface area contributed by atoms with Gasteiger partial charge in [-0.05, 0) is 19.5 Å². The average molecular weight is 209 g/mol. The van der Waals surface area contributed by atoms with Crippen molar-refractivity contribution in [2.24, 2.45) is 0 Å². The Hall–Kier alpha value is -1.22. The molecule has 0 aliphatic carbocycles. The van der Waals surface area contributed by atoms with Gasteiger partial charge in [0, 0.05) is 18.2 Å². The quantitative estimate of drug-likeness (QED) is 0.779. The number of rotatable bonds is 6. The lowest BCUT2D eigenvalue weighted by Crippen LogP contribution is -2.08. The summed E-state index contributed by atoms with van der Waals surface area (Å²) in [7, 11) is 3.59. The molecule has 0 saturated carbocycles. The van der Waals surface area contributed by atoms with E-state index in [2.05, 4.69) is 12.2 Å². The minimum Gasteiger partial charge on any atom is -0.497 e. The van der Waals surface area contributed by atoms with Crippen molar-refractivity contribution in [1.82, 2.24) is 5.32 Å². The highest BCUT2D eigenvalue weighted by molar-refractivity contribution is 5.40. The predicted octanol–water partition coefficient (Wildman–Crippen LogP) is 2.20. The summed E-state index contributed by atoms with van der Waals surface area (Å²) < 4.78 is 10.8. The lowest BCUT2D eigenvalue weighted by molar-refractivity contribution is 0.310. The SMILES string of the molecule is CCCOc1cc(OC)ccc1CNC. The Balaban J connectivity index is 2.83. The van der Waals surface area contributed by atoms with Gasteiger partial charge in [0.25, 0.3) is 0 Å². The zero-order valence-electron chi connectivity index (χ0n) is 9.67. The molecule has 0 atom stereocenters. The predicted molar refractivity (Wildman–Crippen MR) is 61.5 cm³/mol. The van der Waals surface area contributed by atoms with Gasteiger partial charge in [0.2, 0.25) is 0 Å². The van der Waals surface area contributed by atoms with Crippen LogP contribution in [0.2, 0.25) is 0 Å². The van der Waals surface area contributed by atoms with Gasteiger partial charge in [0.05, 0.1) is 13.7 Å². The minimum atomic E-state index is 0.740. The second kappa shape index (κ2) is 6.30. The van der Waals surface area contributed by atoms with E-state index in [9.17, 15) is 0 Å². The van der Waals surface area contributed by atoms with E-state index in [0.717, 1.165) is 36.6 Å². The molecule has 0 aromatic heterocycles. The van der Waals surface area contributed by atoms with Gasteiger partial charge in [0.1, 0.15) is 11.5 Å². The van der Waals surface area contributed by atoms with Gasteiger partial charge >= 0.3 is 0 Å². The Morgan fingerprint density at radius 1 is 1.33 bits per heavy atom. The van der Waals surface area contributed by atoms with Crippen LogP contribution in [-0.4, -0.2) is 20.8 Å². The fourth-order valence-electron chi connectivity index (χ4n) is 1.34. The first-order valence-corrected chi connectivity index (χ1v) is 5.26. The van der Waals surface area contributed by atoms with Crippen molar-refractivity contribution in [2.75, 3.05) is 20.8 Å². The summed E-state index contributed by atoms with van der Waals surface area (Å²) in [6.45, 7) is 3.64. The second-order valence-electron chi connectivity index (χ2n) is 3.35. The van der Waals surface area contributed by atoms with Crippen LogP contribution in [0.1, 0.15) is 18.9 Å². The topological polar surface area (TPSA) is 30.5 Å². The molecule has 0 saturated heterocycles. The molecule has 0 aliphatic heterocycles. The van der Waals surface area contributed by atoms with Crippen LogP contribution < -0.4 is 14.8 Å². The van der Waals surface area contributed by atoms with Crippen LogP contribution >= 0.6 is 0 Å². The molecule has 3 nitrogen and oxygen atoms in total. The summed E-state index contributed by atoms with van der Waals surface area (Å²) in [5, 5.41) is 3.12. The Kier molecular flexibility index (Phi) is 4.98. The van der Waals surface area contributed by atoms with Crippen molar-refractivity contribution in [1.29, 1.82) is 0 Å². The van der Waals surface area contributed by atoms with Gasteiger partial charge in [-0.1, -0.05) is 13.0 Å². The van der Waals surface area contributed by atoms with Crippen LogP contribution in [0.4, 0.5) is 0 Å². The summed E-state index contributed by atoms with van der Waals surface area (Å²) in [5.74, 6) is 1.74. The maximum absolute atomic E-state index is 5.66. The number of ether oxygens (including phenoxy) is 2. The van der Waals surface area contributed by atoms with Gasteiger partial charge in [-0.3, -0.25) is 0 Å². The summed E-state index contributed by atoms with van der Waals surface area (Å²) in [4.78, 5) is 0. The normalized spacial score (nSPS) is 10.1. The third kappa shape index (κ3) is 3.44. The molecule has 1 aromatic carbocycles. The van der Waals surface area contributed by atoms with E-state index in [1.165, 1.54) is 0 Å². The fourth-order valence-corrected chi connectivity index (χ4v) is 1.34. The lowest BCUT2D eigenvalue weighted by atomic mass is 10.2. The first kappa shape index (κ1) is 11.9. The molecule has 0 heterocycles. The Labute approximate surface area is 91.4 Å². The summed E-state index contributed by atoms with van der Waals surface area (Å²) in [6.07, 6.45) is 1.01. The molecule has 1 N–H and O–H groups in total. The van der Waals surface area contributed by atoms with Gasteiger partial charge in [-0.15, -0.1) is 0 Å². The van der Waals surface area contributed by atoms with Crippen LogP contribution in [0.3, 0.4) is 0 Å². The molecular weight excluding hydrogens is 190 g/mol. The number of nitrogens with one attached hydrogen (secondary N) is 1. The van der Waals surface area contributed by atoms with Crippen molar-refractivity contribution in [2.45, 2.75) is 19.9 Å². The molecule has 3 heteroatoms. The molecule has 0 radical (unpaired) electrons. The highest BCUT2D eigenvalue weighted by Gasteiger charge is 2.04. The molecule has 15 heavy (non-hydrogen) atoms. The van der Waals surface area contributed by atoms with E-state index in [4.69, 9.17) is 9.47 Å². The number of methoxy groups -OCH3 is 1. The molecule has 0 bridgehead atoms. The molecule has 0 spiro atoms. The Bertz CT molecular complexity index is 300. The largest absolute Gasteiger partial charge is 0.497 e. The maximum Gasteiger partial charge on any atom is 0.127 e. The molecule has 1 rings (SSSR count). The third-order valence-electron chi connectivity index (χ3n) is 2.10. The standard InChI is InChI=1S/C12H19NO2/c1-4-7-15-12-8-11(14-3)6-5-10(12)9-13-2/h5-6,8,13H,4,7,9H2,1-3H3. The number of benzene rings is 1. The van der Waals surface area contributed by atoms with Gasteiger partial charge < -0.3 is 14.8 Å². The zero-order valence-corrected chi connectivity index (χ0v) is 9.67. The number of hydrogen-bond donors (Lipinski definition) is 1. The molecule has 0 aliphatic rings. The second-order valence-corrected chi connectivity index (χ2v) is 3.35. The van der Waals surface area contributed by atoms with E-state index < -0.39 is 0 Å². The summed E-state index contributed by atoms with van der Waals surface area (Å²) in [6, 6.07) is 5.91. The van der Waals surface area contributed by atoms with Gasteiger partial charge in [0.15, 0.2) is 0 Å². The van der Waals surface area contributed by atoms with Gasteiger partial charge in [-0.25, -0.2) is 0 Å². The summed E-state index contributed by atoms with van der Waals surface area (Å²) >= 11 is 0.